The van der Waals surface area contributed by atoms with Crippen LogP contribution in [0.2, 0.25) is 26.2 Å². The first kappa shape index (κ1) is 10.6. The first-order valence-electron chi connectivity index (χ1n) is 4.62. The maximum Gasteiger partial charge on any atom is 0.148 e. The van der Waals surface area contributed by atoms with Gasteiger partial charge in [-0.15, -0.1) is 12.3 Å². The molecule has 0 aromatic heterocycles. The third-order valence-electron chi connectivity index (χ3n) is 3.72. The molecular formula is C7H20OSi4. The molecule has 5 heteroatoms. The minimum absolute atomic E-state index is 0.133. The summed E-state index contributed by atoms with van der Waals surface area (Å²) in [7, 11) is -2.50. The summed E-state index contributed by atoms with van der Waals surface area (Å²) in [6, 6.07) is 0. The molecule has 12 heavy (non-hydrogen) atoms. The van der Waals surface area contributed by atoms with Crippen molar-refractivity contribution in [2.45, 2.75) is 26.2 Å². The summed E-state index contributed by atoms with van der Waals surface area (Å²) < 4.78 is 5.85. The lowest BCUT2D eigenvalue weighted by molar-refractivity contribution is 0.413. The Morgan fingerprint density at radius 3 is 2.42 bits per heavy atom. The van der Waals surface area contributed by atoms with Gasteiger partial charge in [0.25, 0.3) is 0 Å². The molecule has 0 bridgehead atoms. The maximum atomic E-state index is 5.85. The normalized spacial score (nSPS) is 34.8. The third-order valence-corrected chi connectivity index (χ3v) is 56.4. The van der Waals surface area contributed by atoms with Crippen molar-refractivity contribution in [2.24, 2.45) is 0 Å². The first-order valence-corrected chi connectivity index (χ1v) is 18.1. The highest BCUT2D eigenvalue weighted by molar-refractivity contribution is 7.74. The lowest BCUT2D eigenvalue weighted by Crippen LogP contribution is -2.72. The molecule has 1 atom stereocenters. The lowest BCUT2D eigenvalue weighted by Gasteiger charge is -2.46. The zero-order chi connectivity index (χ0) is 9.41. The van der Waals surface area contributed by atoms with E-state index in [0.29, 0.717) is 0 Å². The van der Waals surface area contributed by atoms with Crippen molar-refractivity contribution in [3.05, 3.63) is 12.3 Å². The topological polar surface area (TPSA) is 9.23 Å². The van der Waals surface area contributed by atoms with Crippen LogP contribution < -0.4 is 0 Å². The highest BCUT2D eigenvalue weighted by Crippen LogP contribution is 2.25. The molecule has 0 N–H and O–H groups in total. The molecule has 1 aliphatic rings. The number of hydrogen-bond donors (Lipinski definition) is 0. The fourth-order valence-electron chi connectivity index (χ4n) is 1.70. The Balaban J connectivity index is 2.89. The minimum Gasteiger partial charge on any atom is -0.431 e. The second-order valence-electron chi connectivity index (χ2n) is 4.96. The van der Waals surface area contributed by atoms with E-state index in [1.807, 2.05) is 0 Å². The fraction of sp³-hybridized carbons (Fsp3) is 0.714. The Morgan fingerprint density at radius 1 is 1.42 bits per heavy atom. The van der Waals surface area contributed by atoms with Crippen molar-refractivity contribution in [3.8, 4) is 0 Å². The molecule has 1 unspecified atom stereocenters. The summed E-state index contributed by atoms with van der Waals surface area (Å²) in [6.07, 6.45) is 1.16. The van der Waals surface area contributed by atoms with Crippen molar-refractivity contribution < 1.29 is 4.43 Å². The van der Waals surface area contributed by atoms with Gasteiger partial charge in [0.1, 0.15) is 9.28 Å². The molecule has 1 fully saturated rings. The molecule has 1 aliphatic heterocycles. The van der Waals surface area contributed by atoms with Gasteiger partial charge in [-0.1, -0.05) is 26.2 Å². The standard InChI is InChI=1S/C7H20OSi4/c1-6-10-9-8-7-11(2,3)12(10,4)5/h6,10H,1,7,9H2,2-5H3. The van der Waals surface area contributed by atoms with Crippen LogP contribution >= 0.6 is 0 Å². The van der Waals surface area contributed by atoms with E-state index in [-0.39, 0.29) is 9.28 Å². The van der Waals surface area contributed by atoms with Crippen LogP contribution in [-0.2, 0) is 4.43 Å². The Hall–Kier alpha value is 0.568. The molecule has 0 spiro atoms. The smallest absolute Gasteiger partial charge is 0.148 e. The summed E-state index contributed by atoms with van der Waals surface area (Å²) in [5.74, 6) is 0. The van der Waals surface area contributed by atoms with Crippen molar-refractivity contribution in [1.29, 1.82) is 0 Å². The van der Waals surface area contributed by atoms with Gasteiger partial charge in [-0.2, -0.15) is 0 Å². The summed E-state index contributed by atoms with van der Waals surface area (Å²) >= 11 is 0. The quantitative estimate of drug-likeness (QED) is 0.604. The van der Waals surface area contributed by atoms with E-state index >= 15 is 0 Å². The molecule has 0 aromatic rings. The van der Waals surface area contributed by atoms with Crippen molar-refractivity contribution in [3.63, 3.8) is 0 Å². The minimum atomic E-state index is -0.960. The van der Waals surface area contributed by atoms with Gasteiger partial charge in [0, 0.05) is 13.3 Å². The van der Waals surface area contributed by atoms with Gasteiger partial charge in [-0.25, -0.2) is 0 Å². The molecule has 0 radical (unpaired) electrons. The van der Waals surface area contributed by atoms with Crippen LogP contribution in [0.15, 0.2) is 12.3 Å². The molecular weight excluding hydrogens is 212 g/mol. The second-order valence-corrected chi connectivity index (χ2v) is 37.2. The monoisotopic (exact) mass is 232 g/mol. The summed E-state index contributed by atoms with van der Waals surface area (Å²) in [5.41, 5.74) is 2.33. The molecule has 1 rings (SSSR count). The zero-order valence-corrected chi connectivity index (χ0v) is 13.3. The Labute approximate surface area is 81.1 Å². The van der Waals surface area contributed by atoms with Crippen LogP contribution in [0.5, 0.6) is 0 Å². The van der Waals surface area contributed by atoms with Crippen LogP contribution in [0.1, 0.15) is 0 Å². The Morgan fingerprint density at radius 2 is 2.00 bits per heavy atom. The van der Waals surface area contributed by atoms with Crippen molar-refractivity contribution in [2.75, 3.05) is 6.23 Å². The van der Waals surface area contributed by atoms with E-state index < -0.39 is 22.5 Å². The third kappa shape index (κ3) is 1.60. The first-order chi connectivity index (χ1) is 5.42. The molecule has 0 saturated carbocycles. The Bertz CT molecular complexity index is 190. The van der Waals surface area contributed by atoms with E-state index in [4.69, 9.17) is 4.43 Å². The summed E-state index contributed by atoms with van der Waals surface area (Å²) in [4.78, 5) is 0. The van der Waals surface area contributed by atoms with Crippen LogP contribution in [0.25, 0.3) is 0 Å². The van der Waals surface area contributed by atoms with Gasteiger partial charge < -0.3 is 4.43 Å². The molecule has 0 aromatic carbocycles. The zero-order valence-electron chi connectivity index (χ0n) is 8.68. The summed E-state index contributed by atoms with van der Waals surface area (Å²) in [6.45, 7) is 14.3. The fourth-order valence-corrected chi connectivity index (χ4v) is 50.1. The highest BCUT2D eigenvalue weighted by Gasteiger charge is 2.49. The lowest BCUT2D eigenvalue weighted by atomic mass is 11.3. The Kier molecular flexibility index (Phi) is 2.99. The van der Waals surface area contributed by atoms with Crippen LogP contribution in [0, 0.1) is 0 Å². The number of hydrogen-bond acceptors (Lipinski definition) is 1. The molecule has 1 nitrogen and oxygen atoms in total. The van der Waals surface area contributed by atoms with Gasteiger partial charge in [0.15, 0.2) is 0 Å². The summed E-state index contributed by atoms with van der Waals surface area (Å²) in [5, 5.41) is 0. The van der Waals surface area contributed by atoms with Gasteiger partial charge in [0.05, 0.1) is 15.4 Å². The molecule has 1 heterocycles. The average molecular weight is 233 g/mol. The van der Waals surface area contributed by atoms with E-state index in [0.717, 1.165) is 6.23 Å². The maximum absolute atomic E-state index is 5.85. The van der Waals surface area contributed by atoms with Gasteiger partial charge in [0.2, 0.25) is 0 Å². The van der Waals surface area contributed by atoms with Crippen LogP contribution in [-0.4, -0.2) is 38.0 Å². The molecule has 70 valence electrons. The molecule has 0 aliphatic carbocycles. The molecule has 0 amide bonds. The predicted molar refractivity (Wildman–Crippen MR) is 66.8 cm³/mol. The largest absolute Gasteiger partial charge is 0.431 e. The van der Waals surface area contributed by atoms with Crippen LogP contribution in [0.4, 0.5) is 0 Å². The van der Waals surface area contributed by atoms with Crippen LogP contribution in [0.3, 0.4) is 0 Å². The highest BCUT2D eigenvalue weighted by atomic mass is 29.8. The van der Waals surface area contributed by atoms with Gasteiger partial charge in [-0.3, -0.25) is 0 Å². The SMILES string of the molecule is C=C[SiH]1[SiH2]OC[Si](C)(C)[Si]1(C)C. The number of rotatable bonds is 1. The predicted octanol–water partition coefficient (Wildman–Crippen LogP) is 0.662. The van der Waals surface area contributed by atoms with E-state index in [9.17, 15) is 0 Å². The van der Waals surface area contributed by atoms with Crippen molar-refractivity contribution in [1.82, 2.24) is 0 Å². The van der Waals surface area contributed by atoms with Gasteiger partial charge >= 0.3 is 0 Å². The average Bonchev–Trinajstić information content (AvgIpc) is 1.95. The molecule has 1 saturated heterocycles. The second kappa shape index (κ2) is 3.37. The van der Waals surface area contributed by atoms with E-state index in [1.54, 1.807) is 0 Å². The van der Waals surface area contributed by atoms with E-state index in [2.05, 4.69) is 38.5 Å². The van der Waals surface area contributed by atoms with Gasteiger partial charge in [-0.05, 0) is 0 Å². The van der Waals surface area contributed by atoms with Crippen molar-refractivity contribution >= 4 is 31.8 Å². The van der Waals surface area contributed by atoms with E-state index in [1.165, 1.54) is 0 Å².